The van der Waals surface area contributed by atoms with E-state index in [1.165, 1.54) is 15.8 Å². The fourth-order valence-electron chi connectivity index (χ4n) is 2.79. The van der Waals surface area contributed by atoms with E-state index in [-0.39, 0.29) is 0 Å². The van der Waals surface area contributed by atoms with Gasteiger partial charge in [-0.2, -0.15) is 9.52 Å². The number of ether oxygens (including phenoxy) is 2. The first-order valence-corrected chi connectivity index (χ1v) is 10.00. The zero-order valence-electron chi connectivity index (χ0n) is 13.6. The number of para-hydroxylation sites is 1. The average Bonchev–Trinajstić information content (AvgIpc) is 3.22. The molecule has 1 unspecified atom stereocenters. The molecule has 1 aliphatic rings. The third-order valence-corrected chi connectivity index (χ3v) is 5.74. The van der Waals surface area contributed by atoms with Crippen molar-refractivity contribution in [2.24, 2.45) is 5.10 Å². The fourth-order valence-corrected chi connectivity index (χ4v) is 4.41. The van der Waals surface area contributed by atoms with Crippen LogP contribution >= 0.6 is 11.3 Å². The molecule has 0 amide bonds. The van der Waals surface area contributed by atoms with Crippen LogP contribution in [0.1, 0.15) is 22.9 Å². The molecule has 0 radical (unpaired) electrons. The van der Waals surface area contributed by atoms with E-state index in [1.54, 1.807) is 20.3 Å². The number of sulfonamides is 1. The summed E-state index contributed by atoms with van der Waals surface area (Å²) >= 11 is 1.54. The highest BCUT2D eigenvalue weighted by atomic mass is 32.2. The molecular weight excluding hydrogens is 348 g/mol. The summed E-state index contributed by atoms with van der Waals surface area (Å²) in [5.74, 6) is 1.09. The number of methoxy groups -OCH3 is 2. The van der Waals surface area contributed by atoms with Crippen molar-refractivity contribution in [3.05, 3.63) is 46.2 Å². The predicted molar refractivity (Wildman–Crippen MR) is 94.4 cm³/mol. The Morgan fingerprint density at radius 3 is 2.58 bits per heavy atom. The lowest BCUT2D eigenvalue weighted by Gasteiger charge is -2.23. The Morgan fingerprint density at radius 1 is 1.21 bits per heavy atom. The maximum absolute atomic E-state index is 12.2. The zero-order chi connectivity index (χ0) is 17.3. The van der Waals surface area contributed by atoms with Crippen LogP contribution in [0.2, 0.25) is 0 Å². The second-order valence-electron chi connectivity index (χ2n) is 5.36. The molecule has 0 saturated carbocycles. The minimum Gasteiger partial charge on any atom is -0.493 e. The third kappa shape index (κ3) is 2.99. The molecule has 128 valence electrons. The number of rotatable bonds is 5. The molecule has 0 bridgehead atoms. The van der Waals surface area contributed by atoms with E-state index in [2.05, 4.69) is 5.10 Å². The molecule has 0 fully saturated rings. The third-order valence-electron chi connectivity index (χ3n) is 3.81. The van der Waals surface area contributed by atoms with E-state index >= 15 is 0 Å². The molecule has 1 aromatic carbocycles. The molecule has 1 aliphatic heterocycles. The Morgan fingerprint density at radius 2 is 2.00 bits per heavy atom. The summed E-state index contributed by atoms with van der Waals surface area (Å²) in [5, 5.41) is 6.31. The largest absolute Gasteiger partial charge is 0.493 e. The first kappa shape index (κ1) is 16.8. The van der Waals surface area contributed by atoms with E-state index in [4.69, 9.17) is 9.47 Å². The van der Waals surface area contributed by atoms with Crippen LogP contribution in [0.5, 0.6) is 11.5 Å². The molecule has 0 spiro atoms. The van der Waals surface area contributed by atoms with E-state index < -0.39 is 16.1 Å². The fraction of sp³-hybridized carbons (Fsp3) is 0.312. The summed E-state index contributed by atoms with van der Waals surface area (Å²) in [4.78, 5) is 0.966. The van der Waals surface area contributed by atoms with Crippen molar-refractivity contribution in [2.75, 3.05) is 20.5 Å². The molecule has 1 atom stereocenters. The SMILES string of the molecule is COc1cccc(C2CC(c3cccs3)=NN2S(C)(=O)=O)c1OC. The maximum atomic E-state index is 12.2. The highest BCUT2D eigenvalue weighted by molar-refractivity contribution is 7.88. The monoisotopic (exact) mass is 366 g/mol. The van der Waals surface area contributed by atoms with Gasteiger partial charge in [0.2, 0.25) is 10.0 Å². The molecule has 2 aromatic rings. The van der Waals surface area contributed by atoms with Gasteiger partial charge in [-0.3, -0.25) is 0 Å². The van der Waals surface area contributed by atoms with Gasteiger partial charge in [0.25, 0.3) is 0 Å². The van der Waals surface area contributed by atoms with Crippen molar-refractivity contribution >= 4 is 27.1 Å². The minimum absolute atomic E-state index is 0.456. The van der Waals surface area contributed by atoms with Gasteiger partial charge in [0.1, 0.15) is 0 Å². The van der Waals surface area contributed by atoms with Crippen molar-refractivity contribution in [2.45, 2.75) is 12.5 Å². The van der Waals surface area contributed by atoms with Crippen molar-refractivity contribution in [3.63, 3.8) is 0 Å². The van der Waals surface area contributed by atoms with Gasteiger partial charge >= 0.3 is 0 Å². The normalized spacial score (nSPS) is 17.7. The maximum Gasteiger partial charge on any atom is 0.247 e. The van der Waals surface area contributed by atoms with Crippen LogP contribution in [0.4, 0.5) is 0 Å². The lowest BCUT2D eigenvalue weighted by Crippen LogP contribution is -2.26. The molecule has 1 aromatic heterocycles. The van der Waals surface area contributed by atoms with Crippen LogP contribution in [-0.2, 0) is 10.0 Å². The van der Waals surface area contributed by atoms with E-state index in [9.17, 15) is 8.42 Å². The number of thiophene rings is 1. The summed E-state index contributed by atoms with van der Waals surface area (Å²) in [5.41, 5.74) is 1.49. The molecule has 24 heavy (non-hydrogen) atoms. The van der Waals surface area contributed by atoms with Crippen LogP contribution in [0.3, 0.4) is 0 Å². The van der Waals surface area contributed by atoms with Gasteiger partial charge in [0.15, 0.2) is 11.5 Å². The summed E-state index contributed by atoms with van der Waals surface area (Å²) in [7, 11) is -0.417. The molecule has 3 rings (SSSR count). The average molecular weight is 366 g/mol. The van der Waals surface area contributed by atoms with Crippen molar-refractivity contribution in [1.82, 2.24) is 4.41 Å². The standard InChI is InChI=1S/C16H18N2O4S2/c1-21-14-7-4-6-11(16(14)22-2)13-10-12(15-8-5-9-23-15)17-18(13)24(3,19)20/h4-9,13H,10H2,1-3H3. The molecule has 0 aliphatic carbocycles. The van der Waals surface area contributed by atoms with Crippen LogP contribution in [-0.4, -0.2) is 39.0 Å². The summed E-state index contributed by atoms with van der Waals surface area (Å²) in [6.07, 6.45) is 1.64. The highest BCUT2D eigenvalue weighted by Crippen LogP contribution is 2.42. The summed E-state index contributed by atoms with van der Waals surface area (Å²) in [6, 6.07) is 8.85. The first-order chi connectivity index (χ1) is 11.5. The zero-order valence-corrected chi connectivity index (χ0v) is 15.2. The summed E-state index contributed by atoms with van der Waals surface area (Å²) < 4.78 is 36.4. The highest BCUT2D eigenvalue weighted by Gasteiger charge is 2.37. The van der Waals surface area contributed by atoms with E-state index in [0.29, 0.717) is 17.9 Å². The van der Waals surface area contributed by atoms with Crippen LogP contribution in [0, 0.1) is 0 Å². The molecule has 6 nitrogen and oxygen atoms in total. The van der Waals surface area contributed by atoms with Crippen LogP contribution < -0.4 is 9.47 Å². The van der Waals surface area contributed by atoms with Gasteiger partial charge in [-0.1, -0.05) is 18.2 Å². The molecule has 0 N–H and O–H groups in total. The summed E-state index contributed by atoms with van der Waals surface area (Å²) in [6.45, 7) is 0. The lowest BCUT2D eigenvalue weighted by atomic mass is 10.0. The van der Waals surface area contributed by atoms with Gasteiger partial charge in [-0.15, -0.1) is 11.3 Å². The van der Waals surface area contributed by atoms with Gasteiger partial charge < -0.3 is 9.47 Å². The Kier molecular flexibility index (Phi) is 4.51. The molecule has 8 heteroatoms. The Bertz CT molecular complexity index is 860. The predicted octanol–water partition coefficient (Wildman–Crippen LogP) is 2.88. The number of hydrogen-bond donors (Lipinski definition) is 0. The van der Waals surface area contributed by atoms with Gasteiger partial charge in [-0.25, -0.2) is 8.42 Å². The number of hydrazone groups is 1. The lowest BCUT2D eigenvalue weighted by molar-refractivity contribution is 0.329. The van der Waals surface area contributed by atoms with Crippen LogP contribution in [0.15, 0.2) is 40.8 Å². The van der Waals surface area contributed by atoms with Gasteiger partial charge in [-0.05, 0) is 17.5 Å². The molecule has 0 saturated heterocycles. The molecular formula is C16H18N2O4S2. The smallest absolute Gasteiger partial charge is 0.247 e. The van der Waals surface area contributed by atoms with Crippen molar-refractivity contribution < 1.29 is 17.9 Å². The minimum atomic E-state index is -3.51. The topological polar surface area (TPSA) is 68.2 Å². The van der Waals surface area contributed by atoms with Crippen molar-refractivity contribution in [1.29, 1.82) is 0 Å². The number of benzene rings is 1. The van der Waals surface area contributed by atoms with Crippen LogP contribution in [0.25, 0.3) is 0 Å². The Labute approximate surface area is 145 Å². The number of hydrogen-bond acceptors (Lipinski definition) is 6. The van der Waals surface area contributed by atoms with E-state index in [0.717, 1.165) is 22.4 Å². The van der Waals surface area contributed by atoms with Crippen molar-refractivity contribution in [3.8, 4) is 11.5 Å². The first-order valence-electron chi connectivity index (χ1n) is 7.27. The Balaban J connectivity index is 2.08. The van der Waals surface area contributed by atoms with Gasteiger partial charge in [0.05, 0.1) is 37.1 Å². The Hall–Kier alpha value is -2.06. The second kappa shape index (κ2) is 6.45. The van der Waals surface area contributed by atoms with Gasteiger partial charge in [0, 0.05) is 12.0 Å². The van der Waals surface area contributed by atoms with E-state index in [1.807, 2.05) is 29.6 Å². The second-order valence-corrected chi connectivity index (χ2v) is 8.15. The molecule has 2 heterocycles. The number of nitrogens with zero attached hydrogens (tertiary/aromatic N) is 2. The quantitative estimate of drug-likeness (QED) is 0.816.